The molecule has 0 heterocycles. The van der Waals surface area contributed by atoms with Gasteiger partial charge in [0, 0.05) is 6.54 Å². The minimum atomic E-state index is -4.65. The van der Waals surface area contributed by atoms with E-state index < -0.39 is 30.1 Å². The molecular formula is C10H15F3N2O2. The third-order valence-corrected chi connectivity index (χ3v) is 2.81. The topological polar surface area (TPSA) is 73.1 Å². The van der Waals surface area contributed by atoms with Crippen LogP contribution in [0.25, 0.3) is 0 Å². The average molecular weight is 252 g/mol. The van der Waals surface area contributed by atoms with E-state index >= 15 is 0 Å². The lowest BCUT2D eigenvalue weighted by Crippen LogP contribution is -2.53. The molecule has 0 amide bonds. The first-order valence-corrected chi connectivity index (χ1v) is 5.18. The molecule has 0 bridgehead atoms. The predicted molar refractivity (Wildman–Crippen MR) is 54.1 cm³/mol. The highest BCUT2D eigenvalue weighted by atomic mass is 19.4. The van der Waals surface area contributed by atoms with Gasteiger partial charge in [-0.15, -0.1) is 0 Å². The highest BCUT2D eigenvalue weighted by Crippen LogP contribution is 2.26. The fraction of sp³-hybridized carbons (Fsp3) is 0.800. The lowest BCUT2D eigenvalue weighted by molar-refractivity contribution is -0.161. The standard InChI is InChI=1S/C10H15F3N2O2/c1-3-9(4-2,8(16)17)15-6-7(5-14)10(11,12)13/h7,15H,3-4,6H2,1-2H3,(H,16,17). The highest BCUT2D eigenvalue weighted by Gasteiger charge is 2.42. The minimum absolute atomic E-state index is 0.148. The zero-order valence-electron chi connectivity index (χ0n) is 9.64. The summed E-state index contributed by atoms with van der Waals surface area (Å²) in [5.41, 5.74) is -1.40. The Bertz CT molecular complexity index is 306. The van der Waals surface area contributed by atoms with Crippen molar-refractivity contribution in [2.75, 3.05) is 6.54 Å². The SMILES string of the molecule is CCC(CC)(NCC(C#N)C(F)(F)F)C(=O)O. The fourth-order valence-electron chi connectivity index (χ4n) is 1.41. The normalized spacial score (nSPS) is 14.1. The van der Waals surface area contributed by atoms with Crippen molar-refractivity contribution in [3.8, 4) is 6.07 Å². The number of nitrogens with one attached hydrogen (secondary N) is 1. The zero-order valence-corrected chi connectivity index (χ0v) is 9.64. The maximum absolute atomic E-state index is 12.3. The summed E-state index contributed by atoms with van der Waals surface area (Å²) in [6.07, 6.45) is -4.35. The zero-order chi connectivity index (χ0) is 13.7. The molecule has 0 rings (SSSR count). The van der Waals surface area contributed by atoms with Crippen molar-refractivity contribution < 1.29 is 23.1 Å². The van der Waals surface area contributed by atoms with E-state index in [-0.39, 0.29) is 12.8 Å². The van der Waals surface area contributed by atoms with E-state index in [0.717, 1.165) is 6.07 Å². The summed E-state index contributed by atoms with van der Waals surface area (Å²) in [5.74, 6) is -3.40. The molecule has 0 aromatic heterocycles. The molecule has 0 aliphatic heterocycles. The van der Waals surface area contributed by atoms with Crippen LogP contribution in [-0.4, -0.2) is 29.3 Å². The number of carboxylic acids is 1. The Morgan fingerprint density at radius 2 is 1.88 bits per heavy atom. The van der Waals surface area contributed by atoms with Crippen molar-refractivity contribution in [1.29, 1.82) is 5.26 Å². The van der Waals surface area contributed by atoms with Crippen LogP contribution in [0.15, 0.2) is 0 Å². The largest absolute Gasteiger partial charge is 0.480 e. The van der Waals surface area contributed by atoms with Gasteiger partial charge in [-0.05, 0) is 12.8 Å². The molecule has 4 nitrogen and oxygen atoms in total. The van der Waals surface area contributed by atoms with Crippen molar-refractivity contribution in [3.05, 3.63) is 0 Å². The van der Waals surface area contributed by atoms with E-state index in [4.69, 9.17) is 10.4 Å². The third kappa shape index (κ3) is 3.89. The van der Waals surface area contributed by atoms with Gasteiger partial charge in [0.25, 0.3) is 0 Å². The van der Waals surface area contributed by atoms with Gasteiger partial charge in [0.2, 0.25) is 0 Å². The van der Waals surface area contributed by atoms with Gasteiger partial charge in [-0.1, -0.05) is 13.8 Å². The molecule has 0 aliphatic carbocycles. The van der Waals surface area contributed by atoms with Gasteiger partial charge in [-0.25, -0.2) is 0 Å². The van der Waals surface area contributed by atoms with Crippen molar-refractivity contribution >= 4 is 5.97 Å². The first-order valence-electron chi connectivity index (χ1n) is 5.18. The van der Waals surface area contributed by atoms with Crippen molar-refractivity contribution in [1.82, 2.24) is 5.32 Å². The van der Waals surface area contributed by atoms with Crippen molar-refractivity contribution in [2.24, 2.45) is 5.92 Å². The molecule has 0 saturated carbocycles. The summed E-state index contributed by atoms with van der Waals surface area (Å²) < 4.78 is 36.9. The number of aliphatic carboxylic acids is 1. The Morgan fingerprint density at radius 1 is 1.41 bits per heavy atom. The van der Waals surface area contributed by atoms with Crippen LogP contribution in [0.5, 0.6) is 0 Å². The molecule has 0 saturated heterocycles. The fourth-order valence-corrected chi connectivity index (χ4v) is 1.41. The number of nitrogens with zero attached hydrogens (tertiary/aromatic N) is 1. The summed E-state index contributed by atoms with van der Waals surface area (Å²) >= 11 is 0. The molecule has 0 fully saturated rings. The lowest BCUT2D eigenvalue weighted by atomic mass is 9.92. The van der Waals surface area contributed by atoms with Crippen LogP contribution < -0.4 is 5.32 Å². The van der Waals surface area contributed by atoms with Gasteiger partial charge < -0.3 is 10.4 Å². The molecule has 0 aromatic rings. The first-order chi connectivity index (χ1) is 7.73. The average Bonchev–Trinajstić information content (AvgIpc) is 2.22. The number of halogens is 3. The second-order valence-corrected chi connectivity index (χ2v) is 3.70. The first kappa shape index (κ1) is 15.7. The monoisotopic (exact) mass is 252 g/mol. The molecule has 98 valence electrons. The molecule has 1 unspecified atom stereocenters. The number of hydrogen-bond donors (Lipinski definition) is 2. The smallest absolute Gasteiger partial charge is 0.405 e. The second kappa shape index (κ2) is 5.87. The van der Waals surface area contributed by atoms with Crippen molar-refractivity contribution in [2.45, 2.75) is 38.4 Å². The Labute approximate surface area is 97.4 Å². The second-order valence-electron chi connectivity index (χ2n) is 3.70. The highest BCUT2D eigenvalue weighted by molar-refractivity contribution is 5.78. The summed E-state index contributed by atoms with van der Waals surface area (Å²) in [4.78, 5) is 11.0. The lowest BCUT2D eigenvalue weighted by Gasteiger charge is -2.29. The van der Waals surface area contributed by atoms with Crippen LogP contribution in [0.2, 0.25) is 0 Å². The van der Waals surface area contributed by atoms with Gasteiger partial charge in [0.05, 0.1) is 6.07 Å². The molecule has 1 atom stereocenters. The maximum atomic E-state index is 12.3. The van der Waals surface area contributed by atoms with Crippen LogP contribution in [0, 0.1) is 17.2 Å². The number of carbonyl (C=O) groups is 1. The molecule has 2 N–H and O–H groups in total. The predicted octanol–water partition coefficient (Wildman–Crippen LogP) is 1.92. The van der Waals surface area contributed by atoms with E-state index in [2.05, 4.69) is 5.32 Å². The van der Waals surface area contributed by atoms with Crippen LogP contribution >= 0.6 is 0 Å². The van der Waals surface area contributed by atoms with Gasteiger partial charge in [-0.2, -0.15) is 18.4 Å². The summed E-state index contributed by atoms with van der Waals surface area (Å²) in [7, 11) is 0. The van der Waals surface area contributed by atoms with E-state index in [0.29, 0.717) is 0 Å². The van der Waals surface area contributed by atoms with E-state index in [1.807, 2.05) is 0 Å². The molecule has 7 heteroatoms. The van der Waals surface area contributed by atoms with Crippen molar-refractivity contribution in [3.63, 3.8) is 0 Å². The molecule has 0 aromatic carbocycles. The molecule has 0 spiro atoms. The Balaban J connectivity index is 4.73. The van der Waals surface area contributed by atoms with Gasteiger partial charge in [-0.3, -0.25) is 4.79 Å². The summed E-state index contributed by atoms with van der Waals surface area (Å²) in [6, 6.07) is 1.12. The number of hydrogen-bond acceptors (Lipinski definition) is 3. The van der Waals surface area contributed by atoms with Crippen LogP contribution in [-0.2, 0) is 4.79 Å². The number of alkyl halides is 3. The summed E-state index contributed by atoms with van der Waals surface area (Å²) in [5, 5.41) is 19.7. The quantitative estimate of drug-likeness (QED) is 0.757. The van der Waals surface area contributed by atoms with E-state index in [1.54, 1.807) is 13.8 Å². The van der Waals surface area contributed by atoms with Gasteiger partial charge in [0.15, 0.2) is 5.92 Å². The molecular weight excluding hydrogens is 237 g/mol. The Hall–Kier alpha value is -1.29. The third-order valence-electron chi connectivity index (χ3n) is 2.81. The summed E-state index contributed by atoms with van der Waals surface area (Å²) in [6.45, 7) is 2.42. The minimum Gasteiger partial charge on any atom is -0.480 e. The molecule has 17 heavy (non-hydrogen) atoms. The molecule has 0 radical (unpaired) electrons. The van der Waals surface area contributed by atoms with E-state index in [9.17, 15) is 18.0 Å². The van der Waals surface area contributed by atoms with Crippen LogP contribution in [0.3, 0.4) is 0 Å². The van der Waals surface area contributed by atoms with Crippen LogP contribution in [0.4, 0.5) is 13.2 Å². The van der Waals surface area contributed by atoms with Crippen LogP contribution in [0.1, 0.15) is 26.7 Å². The number of rotatable bonds is 6. The van der Waals surface area contributed by atoms with Gasteiger partial charge in [0.1, 0.15) is 5.54 Å². The Morgan fingerprint density at radius 3 is 2.12 bits per heavy atom. The maximum Gasteiger partial charge on any atom is 0.405 e. The molecule has 0 aliphatic rings. The van der Waals surface area contributed by atoms with Gasteiger partial charge >= 0.3 is 12.1 Å². The Kier molecular flexibility index (Phi) is 5.42. The number of nitriles is 1. The number of carboxylic acid groups (broad SMARTS) is 1. The van der Waals surface area contributed by atoms with E-state index in [1.165, 1.54) is 0 Å².